The second-order valence-electron chi connectivity index (χ2n) is 13.8. The van der Waals surface area contributed by atoms with Crippen molar-refractivity contribution in [3.63, 3.8) is 0 Å². The van der Waals surface area contributed by atoms with Crippen LogP contribution in [-0.2, 0) is 0 Å². The number of aromatic nitrogens is 3. The minimum atomic E-state index is 0.697. The lowest BCUT2D eigenvalue weighted by atomic mass is 9.95. The lowest BCUT2D eigenvalue weighted by molar-refractivity contribution is 1.18. The van der Waals surface area contributed by atoms with Crippen LogP contribution in [0.3, 0.4) is 0 Å². The monoisotopic (exact) mass is 701 g/mol. The van der Waals surface area contributed by atoms with Gasteiger partial charge in [-0.1, -0.05) is 170 Å². The van der Waals surface area contributed by atoms with Crippen molar-refractivity contribution in [2.24, 2.45) is 0 Å². The molecule has 258 valence electrons. The molecule has 2 heterocycles. The van der Waals surface area contributed by atoms with E-state index in [-0.39, 0.29) is 0 Å². The van der Waals surface area contributed by atoms with Crippen molar-refractivity contribution in [1.29, 1.82) is 0 Å². The van der Waals surface area contributed by atoms with Gasteiger partial charge in [-0.05, 0) is 70.3 Å². The minimum Gasteiger partial charge on any atom is -0.309 e. The van der Waals surface area contributed by atoms with Gasteiger partial charge in [-0.25, -0.2) is 9.97 Å². The first-order chi connectivity index (χ1) is 27.3. The van der Waals surface area contributed by atoms with Gasteiger partial charge in [0.1, 0.15) is 0 Å². The Morgan fingerprint density at radius 1 is 0.309 bits per heavy atom. The van der Waals surface area contributed by atoms with Gasteiger partial charge in [-0.2, -0.15) is 0 Å². The van der Waals surface area contributed by atoms with Crippen LogP contribution >= 0.6 is 0 Å². The molecule has 0 spiro atoms. The Morgan fingerprint density at radius 2 is 0.818 bits per heavy atom. The summed E-state index contributed by atoms with van der Waals surface area (Å²) in [7, 11) is 0. The van der Waals surface area contributed by atoms with E-state index in [0.29, 0.717) is 5.82 Å². The summed E-state index contributed by atoms with van der Waals surface area (Å²) in [5.74, 6) is 0.697. The molecular formula is C52H35N3. The fraction of sp³-hybridized carbons (Fsp3) is 0. The molecular weight excluding hydrogens is 667 g/mol. The van der Waals surface area contributed by atoms with Gasteiger partial charge in [-0.3, -0.25) is 0 Å². The van der Waals surface area contributed by atoms with Gasteiger partial charge in [-0.15, -0.1) is 0 Å². The Hall–Kier alpha value is -7.36. The third kappa shape index (κ3) is 6.08. The third-order valence-electron chi connectivity index (χ3n) is 10.4. The van der Waals surface area contributed by atoms with Gasteiger partial charge >= 0.3 is 0 Å². The Bertz CT molecular complexity index is 2890. The molecule has 10 rings (SSSR count). The summed E-state index contributed by atoms with van der Waals surface area (Å²) in [5.41, 5.74) is 15.4. The van der Waals surface area contributed by atoms with Crippen LogP contribution in [0.25, 0.3) is 94.8 Å². The average molecular weight is 702 g/mol. The zero-order valence-corrected chi connectivity index (χ0v) is 30.0. The Morgan fingerprint density at radius 3 is 1.47 bits per heavy atom. The van der Waals surface area contributed by atoms with E-state index < -0.39 is 0 Å². The van der Waals surface area contributed by atoms with Gasteiger partial charge < -0.3 is 4.57 Å². The molecule has 55 heavy (non-hydrogen) atoms. The van der Waals surface area contributed by atoms with Crippen molar-refractivity contribution in [3.05, 3.63) is 212 Å². The lowest BCUT2D eigenvalue weighted by Crippen LogP contribution is -1.97. The molecule has 3 heteroatoms. The van der Waals surface area contributed by atoms with E-state index in [0.717, 1.165) is 44.9 Å². The maximum Gasteiger partial charge on any atom is 0.160 e. The first-order valence-corrected chi connectivity index (χ1v) is 18.7. The zero-order valence-electron chi connectivity index (χ0n) is 30.0. The van der Waals surface area contributed by atoms with E-state index in [1.165, 1.54) is 44.1 Å². The smallest absolute Gasteiger partial charge is 0.160 e. The molecule has 0 aliphatic carbocycles. The molecule has 8 aromatic carbocycles. The van der Waals surface area contributed by atoms with Crippen molar-refractivity contribution < 1.29 is 0 Å². The fourth-order valence-electron chi connectivity index (χ4n) is 7.75. The summed E-state index contributed by atoms with van der Waals surface area (Å²) >= 11 is 0. The normalized spacial score (nSPS) is 11.3. The molecule has 2 aromatic heterocycles. The van der Waals surface area contributed by atoms with Crippen LogP contribution in [0.1, 0.15) is 0 Å². The van der Waals surface area contributed by atoms with Crippen molar-refractivity contribution in [3.8, 4) is 73.0 Å². The molecule has 0 saturated heterocycles. The molecule has 0 saturated carbocycles. The van der Waals surface area contributed by atoms with Crippen molar-refractivity contribution in [2.75, 3.05) is 0 Å². The highest BCUT2D eigenvalue weighted by Gasteiger charge is 2.19. The maximum absolute atomic E-state index is 5.11. The lowest BCUT2D eigenvalue weighted by Gasteiger charge is -2.15. The van der Waals surface area contributed by atoms with Gasteiger partial charge in [0.15, 0.2) is 5.82 Å². The van der Waals surface area contributed by atoms with Gasteiger partial charge in [0.2, 0.25) is 0 Å². The molecule has 0 amide bonds. The summed E-state index contributed by atoms with van der Waals surface area (Å²) < 4.78 is 2.44. The van der Waals surface area contributed by atoms with E-state index in [2.05, 4.69) is 205 Å². The maximum atomic E-state index is 5.11. The zero-order chi connectivity index (χ0) is 36.6. The molecule has 0 aliphatic rings. The van der Waals surface area contributed by atoms with Crippen molar-refractivity contribution in [2.45, 2.75) is 0 Å². The van der Waals surface area contributed by atoms with E-state index in [4.69, 9.17) is 9.97 Å². The second kappa shape index (κ2) is 13.9. The van der Waals surface area contributed by atoms with Crippen LogP contribution in [0, 0.1) is 0 Å². The molecule has 0 bridgehead atoms. The SMILES string of the molecule is c1ccc(-c2cc(-c3ccccc3)c3c(c2)c2ccccc2n3-c2cccc(-c3cccc(-c4nc(-c5ccccc5)cc(-c5ccccc5)n4)c3)c2)cc1. The molecule has 3 nitrogen and oxygen atoms in total. The minimum absolute atomic E-state index is 0.697. The third-order valence-corrected chi connectivity index (χ3v) is 10.4. The van der Waals surface area contributed by atoms with E-state index >= 15 is 0 Å². The van der Waals surface area contributed by atoms with E-state index in [1.807, 2.05) is 12.1 Å². The highest BCUT2D eigenvalue weighted by molar-refractivity contribution is 6.15. The van der Waals surface area contributed by atoms with Gasteiger partial charge in [0.25, 0.3) is 0 Å². The first kappa shape index (κ1) is 32.3. The summed E-state index contributed by atoms with van der Waals surface area (Å²) in [6, 6.07) is 75.2. The van der Waals surface area contributed by atoms with Gasteiger partial charge in [0, 0.05) is 38.7 Å². The number of hydrogen-bond donors (Lipinski definition) is 0. The Balaban J connectivity index is 1.14. The van der Waals surface area contributed by atoms with Crippen LogP contribution in [0.5, 0.6) is 0 Å². The molecule has 0 unspecified atom stereocenters. The number of para-hydroxylation sites is 1. The first-order valence-electron chi connectivity index (χ1n) is 18.7. The van der Waals surface area contributed by atoms with Gasteiger partial charge in [0.05, 0.1) is 22.4 Å². The summed E-state index contributed by atoms with van der Waals surface area (Å²) in [6.45, 7) is 0. The highest BCUT2D eigenvalue weighted by Crippen LogP contribution is 2.42. The van der Waals surface area contributed by atoms with Crippen LogP contribution in [-0.4, -0.2) is 14.5 Å². The highest BCUT2D eigenvalue weighted by atomic mass is 15.0. The van der Waals surface area contributed by atoms with Crippen LogP contribution in [0.15, 0.2) is 212 Å². The van der Waals surface area contributed by atoms with Crippen molar-refractivity contribution >= 4 is 21.8 Å². The molecule has 0 aliphatic heterocycles. The molecule has 0 radical (unpaired) electrons. The quantitative estimate of drug-likeness (QED) is 0.166. The number of rotatable bonds is 7. The van der Waals surface area contributed by atoms with E-state index in [1.54, 1.807) is 0 Å². The average Bonchev–Trinajstić information content (AvgIpc) is 3.61. The van der Waals surface area contributed by atoms with E-state index in [9.17, 15) is 0 Å². The summed E-state index contributed by atoms with van der Waals surface area (Å²) in [4.78, 5) is 10.2. The standard InChI is InChI=1S/C52H35N3/c1-5-17-36(18-6-1)43-33-46(37-19-7-2-8-20-37)51-47(34-43)45-29-13-14-30-50(45)55(51)44-28-16-26-41(32-44)40-25-15-27-42(31-40)52-53-48(38-21-9-3-10-22-38)35-49(54-52)39-23-11-4-12-24-39/h1-35H. The van der Waals surface area contributed by atoms with Crippen LogP contribution < -0.4 is 0 Å². The Labute approximate surface area is 320 Å². The fourth-order valence-corrected chi connectivity index (χ4v) is 7.75. The molecule has 0 N–H and O–H groups in total. The van der Waals surface area contributed by atoms with Crippen molar-refractivity contribution in [1.82, 2.24) is 14.5 Å². The Kier molecular flexibility index (Phi) is 8.16. The number of hydrogen-bond acceptors (Lipinski definition) is 2. The molecule has 0 atom stereocenters. The van der Waals surface area contributed by atoms with Crippen LogP contribution in [0.2, 0.25) is 0 Å². The number of benzene rings is 8. The number of fused-ring (bicyclic) bond motifs is 3. The topological polar surface area (TPSA) is 30.7 Å². The van der Waals surface area contributed by atoms with Crippen LogP contribution in [0.4, 0.5) is 0 Å². The largest absolute Gasteiger partial charge is 0.309 e. The molecule has 10 aromatic rings. The summed E-state index contributed by atoms with van der Waals surface area (Å²) in [6.07, 6.45) is 0. The second-order valence-corrected chi connectivity index (χ2v) is 13.8. The predicted octanol–water partition coefficient (Wildman–Crippen LogP) is 13.6. The number of nitrogens with zero attached hydrogens (tertiary/aromatic N) is 3. The molecule has 0 fully saturated rings. The predicted molar refractivity (Wildman–Crippen MR) is 229 cm³/mol. The summed E-state index contributed by atoms with van der Waals surface area (Å²) in [5, 5.41) is 2.46.